The number of fused-ring (bicyclic) bond motifs is 2. The average Bonchev–Trinajstić information content (AvgIpc) is 3.27. The van der Waals surface area contributed by atoms with E-state index in [-0.39, 0.29) is 12.2 Å². The molecule has 9 nitrogen and oxygen atoms in total. The van der Waals surface area contributed by atoms with Crippen LogP contribution in [-0.2, 0) is 11.2 Å². The molecule has 0 fully saturated rings. The molecular formula is C26H23N5O4. The van der Waals surface area contributed by atoms with Crippen LogP contribution in [0.25, 0.3) is 32.9 Å². The van der Waals surface area contributed by atoms with Gasteiger partial charge in [-0.15, -0.1) is 0 Å². The Balaban J connectivity index is 1.52. The molecule has 2 heterocycles. The van der Waals surface area contributed by atoms with Crippen LogP contribution in [0.3, 0.4) is 0 Å². The number of nitrogens with zero attached hydrogens (tertiary/aromatic N) is 2. The molecule has 0 spiro atoms. The van der Waals surface area contributed by atoms with Crippen LogP contribution >= 0.6 is 0 Å². The van der Waals surface area contributed by atoms with Gasteiger partial charge in [0.1, 0.15) is 5.75 Å². The normalized spacial score (nSPS) is 11.0. The van der Waals surface area contributed by atoms with Gasteiger partial charge in [-0.05, 0) is 30.7 Å². The molecule has 1 amide bonds. The lowest BCUT2D eigenvalue weighted by Gasteiger charge is -2.14. The third-order valence-electron chi connectivity index (χ3n) is 5.72. The quantitative estimate of drug-likeness (QED) is 0.333. The van der Waals surface area contributed by atoms with Gasteiger partial charge in [-0.3, -0.25) is 10.1 Å². The summed E-state index contributed by atoms with van der Waals surface area (Å²) in [6.07, 6.45) is -0.0849. The topological polar surface area (TPSA) is 122 Å². The largest absolute Gasteiger partial charge is 0.496 e. The third-order valence-corrected chi connectivity index (χ3v) is 5.72. The molecule has 176 valence electrons. The zero-order valence-corrected chi connectivity index (χ0v) is 19.2. The fourth-order valence-corrected chi connectivity index (χ4v) is 4.18. The summed E-state index contributed by atoms with van der Waals surface area (Å²) in [4.78, 5) is 31.4. The third kappa shape index (κ3) is 4.31. The van der Waals surface area contributed by atoms with Crippen molar-refractivity contribution >= 4 is 33.8 Å². The molecule has 5 aromatic rings. The number of carbonyl (C=O) groups excluding carboxylic acids is 1. The van der Waals surface area contributed by atoms with Gasteiger partial charge in [-0.1, -0.05) is 42.5 Å². The molecule has 0 unspecified atom stereocenters. The molecule has 3 aromatic carbocycles. The van der Waals surface area contributed by atoms with E-state index in [0.717, 1.165) is 33.3 Å². The summed E-state index contributed by atoms with van der Waals surface area (Å²) in [6.45, 7) is 2.01. The van der Waals surface area contributed by atoms with Gasteiger partial charge in [0.15, 0.2) is 0 Å². The zero-order valence-electron chi connectivity index (χ0n) is 19.2. The fraction of sp³-hybridized carbons (Fsp3) is 0.154. The average molecular weight is 470 g/mol. The fourth-order valence-electron chi connectivity index (χ4n) is 4.18. The van der Waals surface area contributed by atoms with E-state index in [4.69, 9.17) is 9.47 Å². The Labute approximate surface area is 200 Å². The number of H-pyrrole nitrogens is 2. The Kier molecular flexibility index (Phi) is 5.88. The van der Waals surface area contributed by atoms with Crippen molar-refractivity contribution in [1.29, 1.82) is 0 Å². The molecule has 0 aliphatic rings. The Hall–Kier alpha value is -4.66. The van der Waals surface area contributed by atoms with E-state index in [2.05, 4.69) is 25.5 Å². The van der Waals surface area contributed by atoms with E-state index in [1.165, 1.54) is 0 Å². The first kappa shape index (κ1) is 22.1. The maximum Gasteiger partial charge on any atom is 0.413 e. The van der Waals surface area contributed by atoms with Gasteiger partial charge in [0, 0.05) is 22.9 Å². The maximum absolute atomic E-state index is 12.2. The highest BCUT2D eigenvalue weighted by atomic mass is 16.5. The number of hydrogen-bond acceptors (Lipinski definition) is 6. The van der Waals surface area contributed by atoms with Crippen LogP contribution in [-0.4, -0.2) is 40.0 Å². The molecule has 35 heavy (non-hydrogen) atoms. The van der Waals surface area contributed by atoms with Crippen molar-refractivity contribution < 1.29 is 14.3 Å². The molecule has 3 N–H and O–H groups in total. The van der Waals surface area contributed by atoms with Gasteiger partial charge in [0.2, 0.25) is 5.95 Å². The van der Waals surface area contributed by atoms with Crippen molar-refractivity contribution in [3.05, 3.63) is 82.3 Å². The number of rotatable bonds is 6. The highest BCUT2D eigenvalue weighted by molar-refractivity contribution is 5.89. The van der Waals surface area contributed by atoms with Gasteiger partial charge >= 0.3 is 6.09 Å². The first-order valence-corrected chi connectivity index (χ1v) is 11.1. The number of ether oxygens (including phenoxy) is 2. The summed E-state index contributed by atoms with van der Waals surface area (Å²) in [6, 6.07) is 19.1. The monoisotopic (exact) mass is 469 g/mol. The van der Waals surface area contributed by atoms with Crippen molar-refractivity contribution in [3.63, 3.8) is 0 Å². The zero-order chi connectivity index (χ0) is 24.4. The number of aromatic amines is 2. The number of benzene rings is 3. The number of anilines is 1. The van der Waals surface area contributed by atoms with Crippen LogP contribution in [0.5, 0.6) is 5.75 Å². The lowest BCUT2D eigenvalue weighted by atomic mass is 9.97. The molecule has 0 atom stereocenters. The minimum Gasteiger partial charge on any atom is -0.496 e. The van der Waals surface area contributed by atoms with Crippen LogP contribution in [0, 0.1) is 0 Å². The summed E-state index contributed by atoms with van der Waals surface area (Å²) < 4.78 is 10.7. The number of carbonyl (C=O) groups is 1. The molecule has 0 saturated heterocycles. The van der Waals surface area contributed by atoms with E-state index in [9.17, 15) is 9.59 Å². The SMILES string of the molecule is CCOC(=O)Nc1nc2ccc(-c3cccc(Cc4n[nH]c(=O)c5ccccc45)c3OC)cc2[nH]1. The van der Waals surface area contributed by atoms with Crippen molar-refractivity contribution in [2.24, 2.45) is 0 Å². The summed E-state index contributed by atoms with van der Waals surface area (Å²) in [5.74, 6) is 1.03. The molecule has 0 saturated carbocycles. The maximum atomic E-state index is 12.2. The van der Waals surface area contributed by atoms with Crippen molar-refractivity contribution in [2.45, 2.75) is 13.3 Å². The van der Waals surface area contributed by atoms with Gasteiger partial charge in [-0.25, -0.2) is 14.9 Å². The molecule has 0 bridgehead atoms. The van der Waals surface area contributed by atoms with E-state index < -0.39 is 6.09 Å². The lowest BCUT2D eigenvalue weighted by molar-refractivity contribution is 0.167. The second-order valence-electron chi connectivity index (χ2n) is 7.88. The van der Waals surface area contributed by atoms with Crippen LogP contribution in [0.1, 0.15) is 18.2 Å². The van der Waals surface area contributed by atoms with E-state index in [1.807, 2.05) is 54.6 Å². The Morgan fingerprint density at radius 2 is 1.89 bits per heavy atom. The van der Waals surface area contributed by atoms with Crippen LogP contribution in [0.15, 0.2) is 65.5 Å². The van der Waals surface area contributed by atoms with Crippen molar-refractivity contribution in [3.8, 4) is 16.9 Å². The highest BCUT2D eigenvalue weighted by Crippen LogP contribution is 2.36. The van der Waals surface area contributed by atoms with Crippen LogP contribution in [0.2, 0.25) is 0 Å². The van der Waals surface area contributed by atoms with Gasteiger partial charge in [0.05, 0.1) is 35.8 Å². The van der Waals surface area contributed by atoms with Crippen LogP contribution < -0.4 is 15.6 Å². The van der Waals surface area contributed by atoms with Gasteiger partial charge in [-0.2, -0.15) is 5.10 Å². The molecule has 5 rings (SSSR count). The summed E-state index contributed by atoms with van der Waals surface area (Å²) in [5, 5.41) is 10.9. The number of amides is 1. The second-order valence-corrected chi connectivity index (χ2v) is 7.88. The Morgan fingerprint density at radius 1 is 1.06 bits per heavy atom. The molecule has 0 aliphatic carbocycles. The van der Waals surface area contributed by atoms with E-state index >= 15 is 0 Å². The first-order valence-electron chi connectivity index (χ1n) is 11.1. The second kappa shape index (κ2) is 9.30. The molecule has 2 aromatic heterocycles. The predicted molar refractivity (Wildman–Crippen MR) is 134 cm³/mol. The minimum absolute atomic E-state index is 0.213. The van der Waals surface area contributed by atoms with Crippen molar-refractivity contribution in [2.75, 3.05) is 19.0 Å². The molecule has 0 radical (unpaired) electrons. The highest BCUT2D eigenvalue weighted by Gasteiger charge is 2.15. The van der Waals surface area contributed by atoms with Crippen molar-refractivity contribution in [1.82, 2.24) is 20.2 Å². The number of methoxy groups -OCH3 is 1. The minimum atomic E-state index is -0.565. The van der Waals surface area contributed by atoms with E-state index in [0.29, 0.717) is 29.0 Å². The standard InChI is InChI=1S/C26H23N5O4/c1-3-35-26(33)29-25-27-20-12-11-15(13-22(20)28-25)17-10-6-7-16(23(17)34-2)14-21-18-8-4-5-9-19(18)24(32)31-30-21/h4-13H,3,14H2,1-2H3,(H,31,32)(H2,27,28,29,33). The lowest BCUT2D eigenvalue weighted by Crippen LogP contribution is -2.14. The Morgan fingerprint density at radius 3 is 2.69 bits per heavy atom. The van der Waals surface area contributed by atoms with Gasteiger partial charge < -0.3 is 14.5 Å². The summed E-state index contributed by atoms with van der Waals surface area (Å²) >= 11 is 0. The summed E-state index contributed by atoms with van der Waals surface area (Å²) in [7, 11) is 1.64. The van der Waals surface area contributed by atoms with Crippen LogP contribution in [0.4, 0.5) is 10.7 Å². The number of aromatic nitrogens is 4. The number of hydrogen-bond donors (Lipinski definition) is 3. The smallest absolute Gasteiger partial charge is 0.413 e. The molecule has 9 heteroatoms. The van der Waals surface area contributed by atoms with E-state index in [1.54, 1.807) is 20.1 Å². The molecule has 0 aliphatic heterocycles. The summed E-state index contributed by atoms with van der Waals surface area (Å²) in [5.41, 5.74) is 4.76. The first-order chi connectivity index (χ1) is 17.1. The number of imidazole rings is 1. The number of nitrogens with one attached hydrogen (secondary N) is 3. The Bertz CT molecular complexity index is 1610. The van der Waals surface area contributed by atoms with Gasteiger partial charge in [0.25, 0.3) is 5.56 Å². The predicted octanol–water partition coefficient (Wildman–Crippen LogP) is 4.63. The number of para-hydroxylation sites is 1. The molecular weight excluding hydrogens is 446 g/mol.